The molecule has 27 heavy (non-hydrogen) atoms. The third-order valence-corrected chi connectivity index (χ3v) is 3.67. The highest BCUT2D eigenvalue weighted by Gasteiger charge is 2.24. The van der Waals surface area contributed by atoms with Crippen molar-refractivity contribution in [3.05, 3.63) is 52.7 Å². The maximum atomic E-state index is 13.1. The monoisotopic (exact) mass is 368 g/mol. The number of benzene rings is 2. The van der Waals surface area contributed by atoms with Gasteiger partial charge in [0.05, 0.1) is 7.11 Å². The first-order chi connectivity index (χ1) is 12.9. The van der Waals surface area contributed by atoms with Crippen LogP contribution in [-0.4, -0.2) is 19.0 Å². The summed E-state index contributed by atoms with van der Waals surface area (Å²) in [6.45, 7) is 2.42. The maximum Gasteiger partial charge on any atom is 0.308 e. The van der Waals surface area contributed by atoms with Crippen LogP contribution in [0.2, 0.25) is 0 Å². The van der Waals surface area contributed by atoms with E-state index in [9.17, 15) is 14.4 Å². The summed E-state index contributed by atoms with van der Waals surface area (Å²) in [5.74, 6) is -1.31. The highest BCUT2D eigenvalue weighted by molar-refractivity contribution is 5.91. The fraction of sp³-hybridized carbons (Fsp3) is 0.150. The number of rotatable bonds is 4. The van der Waals surface area contributed by atoms with Crippen molar-refractivity contribution in [2.24, 2.45) is 0 Å². The van der Waals surface area contributed by atoms with Crippen molar-refractivity contribution in [2.45, 2.75) is 13.8 Å². The van der Waals surface area contributed by atoms with E-state index in [2.05, 4.69) is 0 Å². The predicted molar refractivity (Wildman–Crippen MR) is 97.1 cm³/mol. The lowest BCUT2D eigenvalue weighted by atomic mass is 10.1. The van der Waals surface area contributed by atoms with Gasteiger partial charge >= 0.3 is 11.9 Å². The van der Waals surface area contributed by atoms with Crippen LogP contribution in [0.15, 0.2) is 51.7 Å². The van der Waals surface area contributed by atoms with E-state index in [1.165, 1.54) is 33.1 Å². The molecule has 1 heterocycles. The van der Waals surface area contributed by atoms with E-state index in [-0.39, 0.29) is 34.0 Å². The molecular weight excluding hydrogens is 352 g/mol. The average Bonchev–Trinajstić information content (AvgIpc) is 2.64. The van der Waals surface area contributed by atoms with Gasteiger partial charge in [-0.1, -0.05) is 30.3 Å². The molecule has 0 aliphatic carbocycles. The Morgan fingerprint density at radius 3 is 2.15 bits per heavy atom. The summed E-state index contributed by atoms with van der Waals surface area (Å²) >= 11 is 0. The summed E-state index contributed by atoms with van der Waals surface area (Å²) in [4.78, 5) is 36.0. The van der Waals surface area contributed by atoms with E-state index in [0.29, 0.717) is 5.56 Å². The van der Waals surface area contributed by atoms with Crippen molar-refractivity contribution in [3.8, 4) is 28.6 Å². The zero-order valence-corrected chi connectivity index (χ0v) is 14.9. The van der Waals surface area contributed by atoms with Gasteiger partial charge in [0.2, 0.25) is 11.2 Å². The second-order valence-corrected chi connectivity index (χ2v) is 5.61. The Kier molecular flexibility index (Phi) is 4.94. The third kappa shape index (κ3) is 3.52. The molecule has 1 aromatic heterocycles. The van der Waals surface area contributed by atoms with Crippen LogP contribution in [0, 0.1) is 0 Å². The number of carbonyl (C=O) groups excluding carboxylic acids is 2. The van der Waals surface area contributed by atoms with E-state index in [0.717, 1.165) is 0 Å². The summed E-state index contributed by atoms with van der Waals surface area (Å²) in [5.41, 5.74) is 0.148. The number of methoxy groups -OCH3 is 1. The third-order valence-electron chi connectivity index (χ3n) is 3.67. The van der Waals surface area contributed by atoms with Crippen LogP contribution in [0.25, 0.3) is 22.3 Å². The molecule has 3 rings (SSSR count). The highest BCUT2D eigenvalue weighted by Crippen LogP contribution is 2.38. The van der Waals surface area contributed by atoms with Gasteiger partial charge < -0.3 is 18.6 Å². The zero-order valence-electron chi connectivity index (χ0n) is 14.9. The van der Waals surface area contributed by atoms with Gasteiger partial charge in [-0.05, 0) is 12.1 Å². The quantitative estimate of drug-likeness (QED) is 0.515. The van der Waals surface area contributed by atoms with Crippen molar-refractivity contribution in [1.82, 2.24) is 0 Å². The van der Waals surface area contributed by atoms with Gasteiger partial charge in [-0.2, -0.15) is 0 Å². The molecule has 7 nitrogen and oxygen atoms in total. The smallest absolute Gasteiger partial charge is 0.308 e. The summed E-state index contributed by atoms with van der Waals surface area (Å²) < 4.78 is 21.4. The predicted octanol–water partition coefficient (Wildman–Crippen LogP) is 3.32. The van der Waals surface area contributed by atoms with Crippen molar-refractivity contribution >= 4 is 22.9 Å². The molecule has 0 amide bonds. The van der Waals surface area contributed by atoms with Crippen molar-refractivity contribution in [2.75, 3.05) is 7.11 Å². The van der Waals surface area contributed by atoms with Gasteiger partial charge in [0.15, 0.2) is 17.3 Å². The molecular formula is C20H16O7. The molecule has 0 saturated heterocycles. The number of hydrogen-bond donors (Lipinski definition) is 0. The first-order valence-electron chi connectivity index (χ1n) is 8.02. The highest BCUT2D eigenvalue weighted by atomic mass is 16.6. The van der Waals surface area contributed by atoms with Crippen molar-refractivity contribution in [3.63, 3.8) is 0 Å². The molecule has 0 saturated carbocycles. The van der Waals surface area contributed by atoms with Gasteiger partial charge in [-0.15, -0.1) is 0 Å². The summed E-state index contributed by atoms with van der Waals surface area (Å²) in [5, 5.41) is 0.00665. The Bertz CT molecular complexity index is 1080. The molecule has 3 aromatic rings. The molecule has 0 N–H and O–H groups in total. The molecule has 0 unspecified atom stereocenters. The van der Waals surface area contributed by atoms with Crippen LogP contribution in [-0.2, 0) is 9.59 Å². The second-order valence-electron chi connectivity index (χ2n) is 5.61. The first kappa shape index (κ1) is 18.2. The van der Waals surface area contributed by atoms with E-state index in [1.807, 2.05) is 6.07 Å². The lowest BCUT2D eigenvalue weighted by molar-refractivity contribution is -0.132. The molecule has 0 aliphatic heterocycles. The van der Waals surface area contributed by atoms with Crippen LogP contribution in [0.5, 0.6) is 17.2 Å². The van der Waals surface area contributed by atoms with Crippen LogP contribution in [0.1, 0.15) is 13.8 Å². The van der Waals surface area contributed by atoms with Gasteiger partial charge in [0.25, 0.3) is 0 Å². The minimum absolute atomic E-state index is 0.00665. The minimum Gasteiger partial charge on any atom is -0.492 e. The number of ether oxygens (including phenoxy) is 3. The lowest BCUT2D eigenvalue weighted by Crippen LogP contribution is -2.14. The average molecular weight is 368 g/mol. The first-order valence-corrected chi connectivity index (χ1v) is 8.02. The van der Waals surface area contributed by atoms with E-state index in [4.69, 9.17) is 18.6 Å². The van der Waals surface area contributed by atoms with E-state index in [1.54, 1.807) is 24.3 Å². The van der Waals surface area contributed by atoms with Gasteiger partial charge in [-0.25, -0.2) is 0 Å². The summed E-state index contributed by atoms with van der Waals surface area (Å²) in [6, 6.07) is 11.7. The fourth-order valence-corrected chi connectivity index (χ4v) is 2.67. The zero-order chi connectivity index (χ0) is 19.6. The van der Waals surface area contributed by atoms with E-state index < -0.39 is 17.4 Å². The standard InChI is InChI=1S/C20H16O7/c1-11(21)25-15-10-9-14-16(19(15)24-3)17(23)20(26-12(2)22)18(27-14)13-7-5-4-6-8-13/h4-10H,1-3H3. The fourth-order valence-electron chi connectivity index (χ4n) is 2.67. The largest absolute Gasteiger partial charge is 0.492 e. The normalized spacial score (nSPS) is 10.5. The molecule has 2 aromatic carbocycles. The minimum atomic E-state index is -0.672. The Morgan fingerprint density at radius 2 is 1.56 bits per heavy atom. The molecule has 138 valence electrons. The summed E-state index contributed by atoms with van der Waals surface area (Å²) in [7, 11) is 1.33. The molecule has 0 fully saturated rings. The second kappa shape index (κ2) is 7.33. The Morgan fingerprint density at radius 1 is 0.889 bits per heavy atom. The number of carbonyl (C=O) groups is 2. The van der Waals surface area contributed by atoms with Crippen LogP contribution >= 0.6 is 0 Å². The molecule has 0 spiro atoms. The Hall–Kier alpha value is -3.61. The van der Waals surface area contributed by atoms with Crippen LogP contribution in [0.4, 0.5) is 0 Å². The van der Waals surface area contributed by atoms with Crippen LogP contribution < -0.4 is 19.6 Å². The van der Waals surface area contributed by atoms with E-state index >= 15 is 0 Å². The molecule has 0 aliphatic rings. The molecule has 0 atom stereocenters. The molecule has 7 heteroatoms. The number of fused-ring (bicyclic) bond motifs is 1. The Labute approximate surface area is 154 Å². The Balaban J connectivity index is 2.38. The maximum absolute atomic E-state index is 13.1. The van der Waals surface area contributed by atoms with Crippen LogP contribution in [0.3, 0.4) is 0 Å². The molecule has 0 bridgehead atoms. The topological polar surface area (TPSA) is 92.0 Å². The van der Waals surface area contributed by atoms with Gasteiger partial charge in [-0.3, -0.25) is 14.4 Å². The van der Waals surface area contributed by atoms with Crippen molar-refractivity contribution in [1.29, 1.82) is 0 Å². The lowest BCUT2D eigenvalue weighted by Gasteiger charge is -2.13. The van der Waals surface area contributed by atoms with Crippen molar-refractivity contribution < 1.29 is 28.2 Å². The summed E-state index contributed by atoms with van der Waals surface area (Å²) in [6.07, 6.45) is 0. The van der Waals surface area contributed by atoms with Gasteiger partial charge in [0, 0.05) is 19.4 Å². The SMILES string of the molecule is COc1c(OC(C)=O)ccc2oc(-c3ccccc3)c(OC(C)=O)c(=O)c12. The number of esters is 2. The molecule has 0 radical (unpaired) electrons. The van der Waals surface area contributed by atoms with Gasteiger partial charge in [0.1, 0.15) is 11.0 Å². The number of hydrogen-bond acceptors (Lipinski definition) is 7.